The molecule has 140 valence electrons. The van der Waals surface area contributed by atoms with Gasteiger partial charge in [-0.15, -0.1) is 11.3 Å². The number of fused-ring (bicyclic) bond motifs is 2. The predicted octanol–water partition coefficient (Wildman–Crippen LogP) is 2.94. The maximum atomic E-state index is 12.8. The van der Waals surface area contributed by atoms with Crippen LogP contribution in [0.15, 0.2) is 12.4 Å². The van der Waals surface area contributed by atoms with Crippen molar-refractivity contribution in [3.63, 3.8) is 0 Å². The number of nitrogens with zero attached hydrogens (tertiary/aromatic N) is 6. The van der Waals surface area contributed by atoms with Gasteiger partial charge in [0.15, 0.2) is 0 Å². The van der Waals surface area contributed by atoms with Gasteiger partial charge in [-0.25, -0.2) is 4.98 Å². The first kappa shape index (κ1) is 17.2. The fraction of sp³-hybridized carbons (Fsp3) is 0.412. The van der Waals surface area contributed by atoms with Gasteiger partial charge >= 0.3 is 0 Å². The third kappa shape index (κ3) is 2.86. The minimum Gasteiger partial charge on any atom is -0.353 e. The Morgan fingerprint density at radius 3 is 2.70 bits per heavy atom. The van der Waals surface area contributed by atoms with Crippen LogP contribution in [0.25, 0.3) is 5.78 Å². The molecule has 0 bridgehead atoms. The maximum Gasteiger partial charge on any atom is 0.256 e. The second-order valence-corrected chi connectivity index (χ2v) is 8.99. The molecule has 10 heteroatoms. The molecule has 0 aromatic carbocycles. The first-order valence-corrected chi connectivity index (χ1v) is 10.4. The number of thiophene rings is 1. The van der Waals surface area contributed by atoms with E-state index < -0.39 is 0 Å². The van der Waals surface area contributed by atoms with E-state index in [-0.39, 0.29) is 5.91 Å². The topological polar surface area (TPSA) is 66.6 Å². The average Bonchev–Trinajstić information content (AvgIpc) is 3.38. The monoisotopic (exact) mass is 422 g/mol. The summed E-state index contributed by atoms with van der Waals surface area (Å²) in [5.74, 6) is 1.66. The Labute approximate surface area is 169 Å². The van der Waals surface area contributed by atoms with Gasteiger partial charge in [-0.1, -0.05) is 23.2 Å². The second kappa shape index (κ2) is 6.61. The molecule has 5 rings (SSSR count). The molecule has 1 aliphatic carbocycles. The first-order chi connectivity index (χ1) is 13.1. The highest BCUT2D eigenvalue weighted by atomic mass is 35.5. The number of aromatic nitrogens is 4. The molecular formula is C17H16Cl2N6OS. The molecule has 0 saturated carbocycles. The van der Waals surface area contributed by atoms with Crippen molar-refractivity contribution in [1.29, 1.82) is 0 Å². The number of hydrogen-bond acceptors (Lipinski definition) is 6. The summed E-state index contributed by atoms with van der Waals surface area (Å²) in [6, 6.07) is 1.65. The second-order valence-electron chi connectivity index (χ2n) is 6.70. The molecule has 1 amide bonds. The van der Waals surface area contributed by atoms with Gasteiger partial charge < -0.3 is 9.80 Å². The number of rotatable bonds is 2. The van der Waals surface area contributed by atoms with Gasteiger partial charge in [0.1, 0.15) is 16.5 Å². The lowest BCUT2D eigenvalue weighted by Crippen LogP contribution is -2.49. The van der Waals surface area contributed by atoms with Gasteiger partial charge in [0, 0.05) is 31.7 Å². The highest BCUT2D eigenvalue weighted by Gasteiger charge is 2.29. The molecule has 0 atom stereocenters. The van der Waals surface area contributed by atoms with E-state index in [0.29, 0.717) is 33.1 Å². The van der Waals surface area contributed by atoms with Crippen molar-refractivity contribution in [2.75, 3.05) is 31.1 Å². The lowest BCUT2D eigenvalue weighted by atomic mass is 10.2. The predicted molar refractivity (Wildman–Crippen MR) is 105 cm³/mol. The fourth-order valence-electron chi connectivity index (χ4n) is 3.90. The molecule has 3 aromatic heterocycles. The van der Waals surface area contributed by atoms with E-state index in [9.17, 15) is 4.79 Å². The molecule has 3 aromatic rings. The largest absolute Gasteiger partial charge is 0.353 e. The molecule has 4 heterocycles. The number of carbonyl (C=O) groups is 1. The van der Waals surface area contributed by atoms with E-state index in [4.69, 9.17) is 23.2 Å². The standard InChI is InChI=1S/C17H16Cl2N6OS/c18-13-8-11(14(19)27-13)16(26)24-6-4-23(5-7-24)15-10-2-1-3-12(10)22-17-20-9-21-25(15)17/h8-9H,1-7H2. The van der Waals surface area contributed by atoms with Gasteiger partial charge in [0.2, 0.25) is 0 Å². The SMILES string of the molecule is O=C(c1cc(Cl)sc1Cl)N1CCN(c2c3c(nc4ncnn24)CCC3)CC1. The summed E-state index contributed by atoms with van der Waals surface area (Å²) >= 11 is 13.4. The summed E-state index contributed by atoms with van der Waals surface area (Å²) in [5.41, 5.74) is 2.88. The number of amides is 1. The number of hydrogen-bond donors (Lipinski definition) is 0. The van der Waals surface area contributed by atoms with Crippen LogP contribution in [-0.4, -0.2) is 56.6 Å². The van der Waals surface area contributed by atoms with E-state index in [1.807, 2.05) is 9.42 Å². The summed E-state index contributed by atoms with van der Waals surface area (Å²) < 4.78 is 2.81. The molecule has 1 fully saturated rings. The number of anilines is 1. The van der Waals surface area contributed by atoms with Crippen molar-refractivity contribution in [2.24, 2.45) is 0 Å². The molecule has 2 aliphatic rings. The molecule has 0 N–H and O–H groups in total. The fourth-order valence-corrected chi connectivity index (χ4v) is 5.35. The zero-order valence-electron chi connectivity index (χ0n) is 14.4. The Bertz CT molecular complexity index is 1040. The smallest absolute Gasteiger partial charge is 0.256 e. The van der Waals surface area contributed by atoms with Crippen molar-refractivity contribution in [1.82, 2.24) is 24.5 Å². The summed E-state index contributed by atoms with van der Waals surface area (Å²) in [6.45, 7) is 2.70. The van der Waals surface area contributed by atoms with Crippen molar-refractivity contribution < 1.29 is 4.79 Å². The van der Waals surface area contributed by atoms with Crippen molar-refractivity contribution in [3.05, 3.63) is 37.9 Å². The van der Waals surface area contributed by atoms with Crippen LogP contribution in [0.1, 0.15) is 28.0 Å². The Hall–Kier alpha value is -1.90. The highest BCUT2D eigenvalue weighted by molar-refractivity contribution is 7.20. The third-order valence-corrected chi connectivity index (χ3v) is 6.67. The molecule has 0 radical (unpaired) electrons. The molecule has 1 aliphatic heterocycles. The van der Waals surface area contributed by atoms with Crippen LogP contribution < -0.4 is 4.90 Å². The molecule has 27 heavy (non-hydrogen) atoms. The first-order valence-electron chi connectivity index (χ1n) is 8.82. The van der Waals surface area contributed by atoms with E-state index in [1.165, 1.54) is 16.9 Å². The van der Waals surface area contributed by atoms with Gasteiger partial charge in [-0.3, -0.25) is 4.79 Å². The van der Waals surface area contributed by atoms with Crippen LogP contribution in [0.2, 0.25) is 8.67 Å². The van der Waals surface area contributed by atoms with Crippen LogP contribution in [0.4, 0.5) is 5.82 Å². The minimum atomic E-state index is -0.0614. The molecule has 1 saturated heterocycles. The van der Waals surface area contributed by atoms with Crippen molar-refractivity contribution in [2.45, 2.75) is 19.3 Å². The normalized spacial score (nSPS) is 17.0. The van der Waals surface area contributed by atoms with Gasteiger partial charge in [0.05, 0.1) is 15.6 Å². The Balaban J connectivity index is 1.40. The molecular weight excluding hydrogens is 407 g/mol. The number of carbonyl (C=O) groups excluding carboxylic acids is 1. The van der Waals surface area contributed by atoms with Crippen LogP contribution in [0.3, 0.4) is 0 Å². The van der Waals surface area contributed by atoms with Crippen LogP contribution in [0, 0.1) is 0 Å². The number of piperazine rings is 1. The quantitative estimate of drug-likeness (QED) is 0.634. The van der Waals surface area contributed by atoms with Crippen molar-refractivity contribution in [3.8, 4) is 0 Å². The van der Waals surface area contributed by atoms with Crippen LogP contribution in [-0.2, 0) is 12.8 Å². The number of halogens is 2. The van der Waals surface area contributed by atoms with E-state index in [1.54, 1.807) is 12.4 Å². The Morgan fingerprint density at radius 1 is 1.15 bits per heavy atom. The summed E-state index contributed by atoms with van der Waals surface area (Å²) in [7, 11) is 0. The number of aryl methyl sites for hydroxylation is 1. The van der Waals surface area contributed by atoms with Crippen molar-refractivity contribution >= 4 is 52.0 Å². The van der Waals surface area contributed by atoms with Gasteiger partial charge in [-0.05, 0) is 25.3 Å². The van der Waals surface area contributed by atoms with Gasteiger partial charge in [-0.2, -0.15) is 14.6 Å². The molecule has 0 unspecified atom stereocenters. The zero-order chi connectivity index (χ0) is 18.5. The molecule has 0 spiro atoms. The minimum absolute atomic E-state index is 0.0614. The third-order valence-electron chi connectivity index (χ3n) is 5.18. The summed E-state index contributed by atoms with van der Waals surface area (Å²) in [5, 5.41) is 4.38. The lowest BCUT2D eigenvalue weighted by Gasteiger charge is -2.36. The Kier molecular flexibility index (Phi) is 4.22. The average molecular weight is 423 g/mol. The summed E-state index contributed by atoms with van der Waals surface area (Å²) in [4.78, 5) is 25.8. The molecule has 7 nitrogen and oxygen atoms in total. The van der Waals surface area contributed by atoms with E-state index in [0.717, 1.165) is 43.9 Å². The van der Waals surface area contributed by atoms with Gasteiger partial charge in [0.25, 0.3) is 11.7 Å². The van der Waals surface area contributed by atoms with Crippen LogP contribution >= 0.6 is 34.5 Å². The van der Waals surface area contributed by atoms with E-state index in [2.05, 4.69) is 20.0 Å². The zero-order valence-corrected chi connectivity index (χ0v) is 16.7. The summed E-state index contributed by atoms with van der Waals surface area (Å²) in [6.07, 6.45) is 4.65. The van der Waals surface area contributed by atoms with E-state index >= 15 is 0 Å². The van der Waals surface area contributed by atoms with Crippen LogP contribution in [0.5, 0.6) is 0 Å². The Morgan fingerprint density at radius 2 is 1.96 bits per heavy atom. The lowest BCUT2D eigenvalue weighted by molar-refractivity contribution is 0.0747. The highest BCUT2D eigenvalue weighted by Crippen LogP contribution is 2.33. The maximum absolute atomic E-state index is 12.8.